The van der Waals surface area contributed by atoms with Gasteiger partial charge in [0.15, 0.2) is 5.82 Å². The number of aromatic nitrogens is 5. The molecule has 0 aliphatic carbocycles. The molecule has 0 fully saturated rings. The summed E-state index contributed by atoms with van der Waals surface area (Å²) in [5.74, 6) is -0.00268. The Morgan fingerprint density at radius 3 is 2.94 bits per heavy atom. The lowest BCUT2D eigenvalue weighted by Gasteiger charge is -2.02. The Balaban J connectivity index is 1.97. The monoisotopic (exact) mass is 235 g/mol. The van der Waals surface area contributed by atoms with Gasteiger partial charge in [-0.15, -0.1) is 5.10 Å². The van der Waals surface area contributed by atoms with Crippen LogP contribution in [0.25, 0.3) is 0 Å². The number of aromatic amines is 1. The molecule has 88 valence electrons. The molecule has 0 spiro atoms. The summed E-state index contributed by atoms with van der Waals surface area (Å²) in [5.41, 5.74) is 4.96. The van der Waals surface area contributed by atoms with Gasteiger partial charge in [-0.1, -0.05) is 0 Å². The van der Waals surface area contributed by atoms with Crippen molar-refractivity contribution in [2.45, 2.75) is 6.54 Å². The summed E-state index contributed by atoms with van der Waals surface area (Å²) in [4.78, 5) is 25.9. The number of amides is 1. The van der Waals surface area contributed by atoms with E-state index < -0.39 is 0 Å². The lowest BCUT2D eigenvalue weighted by Crippen LogP contribution is -2.21. The van der Waals surface area contributed by atoms with Crippen LogP contribution in [0.1, 0.15) is 0 Å². The summed E-state index contributed by atoms with van der Waals surface area (Å²) in [6.07, 6.45) is 1.34. The van der Waals surface area contributed by atoms with Crippen molar-refractivity contribution in [3.63, 3.8) is 0 Å². The molecule has 0 atom stereocenters. The molecule has 0 unspecified atom stereocenters. The van der Waals surface area contributed by atoms with E-state index in [0.717, 1.165) is 0 Å². The maximum Gasteiger partial charge on any atom is 0.264 e. The highest BCUT2D eigenvalue weighted by atomic mass is 16.2. The van der Waals surface area contributed by atoms with Crippen LogP contribution < -0.4 is 16.6 Å². The average Bonchev–Trinajstić information content (AvgIpc) is 2.67. The second-order valence-electron chi connectivity index (χ2n) is 3.15. The summed E-state index contributed by atoms with van der Waals surface area (Å²) < 4.78 is 1.29. The van der Waals surface area contributed by atoms with E-state index in [-0.39, 0.29) is 29.8 Å². The Hall–Kier alpha value is -2.71. The summed E-state index contributed by atoms with van der Waals surface area (Å²) in [5, 5.41) is 12.1. The maximum absolute atomic E-state index is 11.5. The van der Waals surface area contributed by atoms with Gasteiger partial charge in [-0.3, -0.25) is 9.59 Å². The van der Waals surface area contributed by atoms with Crippen molar-refractivity contribution in [2.75, 3.05) is 11.1 Å². The number of hydrogen-bond donors (Lipinski definition) is 3. The van der Waals surface area contributed by atoms with Crippen LogP contribution in [0.3, 0.4) is 0 Å². The minimum Gasteiger partial charge on any atom is -0.367 e. The number of anilines is 2. The number of carbonyl (C=O) groups excluding carboxylic acids is 1. The summed E-state index contributed by atoms with van der Waals surface area (Å²) in [6.45, 7) is -0.0367. The first-order valence-electron chi connectivity index (χ1n) is 4.64. The Kier molecular flexibility index (Phi) is 2.81. The van der Waals surface area contributed by atoms with Crippen LogP contribution >= 0.6 is 0 Å². The zero-order valence-electron chi connectivity index (χ0n) is 8.62. The molecule has 9 nitrogen and oxygen atoms in total. The van der Waals surface area contributed by atoms with Gasteiger partial charge in [-0.25, -0.2) is 14.8 Å². The van der Waals surface area contributed by atoms with Crippen LogP contribution in [-0.4, -0.2) is 30.9 Å². The quantitative estimate of drug-likeness (QED) is 0.598. The van der Waals surface area contributed by atoms with Crippen molar-refractivity contribution >= 4 is 17.7 Å². The van der Waals surface area contributed by atoms with E-state index in [2.05, 4.69) is 25.6 Å². The van der Waals surface area contributed by atoms with Crippen molar-refractivity contribution in [3.05, 3.63) is 28.8 Å². The van der Waals surface area contributed by atoms with Gasteiger partial charge in [0.05, 0.1) is 0 Å². The van der Waals surface area contributed by atoms with Crippen molar-refractivity contribution in [1.82, 2.24) is 25.0 Å². The molecule has 2 rings (SSSR count). The number of carbonyl (C=O) groups is 1. The molecule has 0 aliphatic rings. The fraction of sp³-hybridized carbons (Fsp3) is 0.125. The first kappa shape index (κ1) is 10.8. The Morgan fingerprint density at radius 2 is 2.35 bits per heavy atom. The number of nitrogens with two attached hydrogens (primary N) is 1. The molecule has 0 aliphatic heterocycles. The van der Waals surface area contributed by atoms with Gasteiger partial charge in [-0.05, 0) is 6.07 Å². The molecule has 2 heterocycles. The Labute approximate surface area is 94.7 Å². The molecule has 9 heteroatoms. The van der Waals surface area contributed by atoms with E-state index in [1.165, 1.54) is 23.1 Å². The number of nitrogen functional groups attached to an aromatic ring is 1. The average molecular weight is 235 g/mol. The minimum absolute atomic E-state index is 0.0367. The van der Waals surface area contributed by atoms with Gasteiger partial charge in [0.25, 0.3) is 5.56 Å². The summed E-state index contributed by atoms with van der Waals surface area (Å²) >= 11 is 0. The predicted molar refractivity (Wildman–Crippen MR) is 57.9 cm³/mol. The van der Waals surface area contributed by atoms with Crippen molar-refractivity contribution in [3.8, 4) is 0 Å². The van der Waals surface area contributed by atoms with E-state index in [1.807, 2.05) is 0 Å². The number of nitrogens with one attached hydrogen (secondary N) is 2. The van der Waals surface area contributed by atoms with Gasteiger partial charge < -0.3 is 11.1 Å². The van der Waals surface area contributed by atoms with Crippen molar-refractivity contribution < 1.29 is 4.79 Å². The van der Waals surface area contributed by atoms with E-state index >= 15 is 0 Å². The fourth-order valence-corrected chi connectivity index (χ4v) is 1.13. The van der Waals surface area contributed by atoms with E-state index in [1.54, 1.807) is 0 Å². The maximum atomic E-state index is 11.5. The molecule has 0 saturated carbocycles. The first-order valence-corrected chi connectivity index (χ1v) is 4.64. The topological polar surface area (TPSA) is 132 Å². The number of H-pyrrole nitrogens is 1. The highest BCUT2D eigenvalue weighted by Gasteiger charge is 2.05. The van der Waals surface area contributed by atoms with Gasteiger partial charge >= 0.3 is 0 Å². The van der Waals surface area contributed by atoms with Crippen LogP contribution in [0.2, 0.25) is 0 Å². The lowest BCUT2D eigenvalue weighted by atomic mass is 10.5. The second-order valence-corrected chi connectivity index (χ2v) is 3.15. The molecule has 0 saturated heterocycles. The molecule has 1 amide bonds. The Morgan fingerprint density at radius 1 is 1.53 bits per heavy atom. The van der Waals surface area contributed by atoms with Crippen LogP contribution in [0.5, 0.6) is 0 Å². The van der Waals surface area contributed by atoms with Crippen LogP contribution in [-0.2, 0) is 11.3 Å². The zero-order valence-corrected chi connectivity index (χ0v) is 8.62. The highest BCUT2D eigenvalue weighted by Crippen LogP contribution is 1.97. The third-order valence-electron chi connectivity index (χ3n) is 1.81. The number of hydrogen-bond acceptors (Lipinski definition) is 6. The highest BCUT2D eigenvalue weighted by molar-refractivity contribution is 5.89. The van der Waals surface area contributed by atoms with Gasteiger partial charge in [0.2, 0.25) is 11.9 Å². The molecule has 17 heavy (non-hydrogen) atoms. The summed E-state index contributed by atoms with van der Waals surface area (Å²) in [7, 11) is 0. The van der Waals surface area contributed by atoms with Crippen molar-refractivity contribution in [2.24, 2.45) is 0 Å². The SMILES string of the molecule is Nc1ncn(CC(=O)Nc2ccc(=O)[nH]n2)n1. The van der Waals surface area contributed by atoms with Crippen LogP contribution in [0.4, 0.5) is 11.8 Å². The summed E-state index contributed by atoms with van der Waals surface area (Å²) in [6, 6.07) is 2.66. The minimum atomic E-state index is -0.352. The smallest absolute Gasteiger partial charge is 0.264 e. The van der Waals surface area contributed by atoms with Crippen LogP contribution in [0.15, 0.2) is 23.3 Å². The molecular formula is C8H9N7O2. The third-order valence-corrected chi connectivity index (χ3v) is 1.81. The first-order chi connectivity index (χ1) is 8.13. The molecule has 2 aromatic heterocycles. The molecule has 2 aromatic rings. The lowest BCUT2D eigenvalue weighted by molar-refractivity contribution is -0.116. The van der Waals surface area contributed by atoms with Gasteiger partial charge in [0, 0.05) is 6.07 Å². The Bertz CT molecular complexity index is 567. The van der Waals surface area contributed by atoms with E-state index in [9.17, 15) is 9.59 Å². The van der Waals surface area contributed by atoms with E-state index in [4.69, 9.17) is 5.73 Å². The molecular weight excluding hydrogens is 226 g/mol. The van der Waals surface area contributed by atoms with E-state index in [0.29, 0.717) is 0 Å². The zero-order chi connectivity index (χ0) is 12.3. The number of rotatable bonds is 3. The fourth-order valence-electron chi connectivity index (χ4n) is 1.13. The molecule has 0 aromatic carbocycles. The van der Waals surface area contributed by atoms with Gasteiger partial charge in [0.1, 0.15) is 12.9 Å². The second kappa shape index (κ2) is 4.43. The van der Waals surface area contributed by atoms with Crippen LogP contribution in [0, 0.1) is 0 Å². The molecule has 4 N–H and O–H groups in total. The van der Waals surface area contributed by atoms with Crippen molar-refractivity contribution in [1.29, 1.82) is 0 Å². The predicted octanol–water partition coefficient (Wildman–Crippen LogP) is -1.42. The largest absolute Gasteiger partial charge is 0.367 e. The molecule has 0 radical (unpaired) electrons. The number of nitrogens with zero attached hydrogens (tertiary/aromatic N) is 4. The molecule has 0 bridgehead atoms. The normalized spacial score (nSPS) is 10.1. The van der Waals surface area contributed by atoms with Gasteiger partial charge in [-0.2, -0.15) is 5.10 Å². The standard InChI is InChI=1S/C8H9N7O2/c9-8-10-4-15(14-8)3-7(17)11-5-1-2-6(16)13-12-5/h1-2,4H,3H2,(H2,9,14)(H,13,16)(H,11,12,17). The third kappa shape index (κ3) is 2.87.